The summed E-state index contributed by atoms with van der Waals surface area (Å²) >= 11 is 0. The molecule has 0 bridgehead atoms. The fraction of sp³-hybridized carbons (Fsp3) is 0.500. The molecule has 7 heteroatoms. The molecule has 23 heavy (non-hydrogen) atoms. The highest BCUT2D eigenvalue weighted by molar-refractivity contribution is 6.07. The van der Waals surface area contributed by atoms with E-state index >= 15 is 0 Å². The van der Waals surface area contributed by atoms with Crippen LogP contribution in [0.3, 0.4) is 0 Å². The van der Waals surface area contributed by atoms with Crippen LogP contribution in [0.2, 0.25) is 0 Å². The Labute approximate surface area is 134 Å². The lowest BCUT2D eigenvalue weighted by molar-refractivity contribution is -0.132. The van der Waals surface area contributed by atoms with Crippen molar-refractivity contribution in [1.29, 1.82) is 0 Å². The Morgan fingerprint density at radius 2 is 2.04 bits per heavy atom. The maximum Gasteiger partial charge on any atom is 0.325 e. The summed E-state index contributed by atoms with van der Waals surface area (Å²) in [5.74, 6) is 0.954. The highest BCUT2D eigenvalue weighted by atomic mass is 16.7. The van der Waals surface area contributed by atoms with Crippen LogP contribution in [0.15, 0.2) is 18.2 Å². The van der Waals surface area contributed by atoms with Gasteiger partial charge in [-0.3, -0.25) is 9.69 Å². The number of hydrogen-bond acceptors (Lipinski definition) is 5. The zero-order chi connectivity index (χ0) is 16.6. The normalized spacial score (nSPS) is 24.0. The monoisotopic (exact) mass is 319 g/mol. The number of nitrogens with zero attached hydrogens (tertiary/aromatic N) is 1. The van der Waals surface area contributed by atoms with Crippen LogP contribution >= 0.6 is 0 Å². The average Bonchev–Trinajstić information content (AvgIpc) is 3.12. The Balaban J connectivity index is 1.95. The van der Waals surface area contributed by atoms with Crippen LogP contribution in [-0.2, 0) is 10.3 Å². The molecule has 0 radical (unpaired) electrons. The molecule has 124 valence electrons. The highest BCUT2D eigenvalue weighted by Crippen LogP contribution is 2.39. The number of urea groups is 1. The molecule has 1 saturated heterocycles. The SMILES string of the molecule is CCC(N)CN1C(=O)NC(CC)(c2ccc3c(c2)OCO3)C1=O. The average molecular weight is 319 g/mol. The van der Waals surface area contributed by atoms with Crippen LogP contribution in [0.5, 0.6) is 11.5 Å². The van der Waals surface area contributed by atoms with Gasteiger partial charge in [-0.1, -0.05) is 19.9 Å². The van der Waals surface area contributed by atoms with Crippen molar-refractivity contribution in [3.05, 3.63) is 23.8 Å². The van der Waals surface area contributed by atoms with Gasteiger partial charge >= 0.3 is 6.03 Å². The first-order chi connectivity index (χ1) is 11.0. The van der Waals surface area contributed by atoms with Crippen molar-refractivity contribution in [1.82, 2.24) is 10.2 Å². The molecule has 2 unspecified atom stereocenters. The van der Waals surface area contributed by atoms with Crippen LogP contribution in [-0.4, -0.2) is 36.2 Å². The van der Waals surface area contributed by atoms with Gasteiger partial charge in [0.05, 0.1) is 0 Å². The molecule has 1 aromatic carbocycles. The molecule has 1 fully saturated rings. The van der Waals surface area contributed by atoms with E-state index in [-0.39, 0.29) is 25.3 Å². The maximum atomic E-state index is 12.9. The topological polar surface area (TPSA) is 93.9 Å². The van der Waals surface area contributed by atoms with E-state index in [2.05, 4.69) is 5.32 Å². The van der Waals surface area contributed by atoms with Crippen molar-refractivity contribution >= 4 is 11.9 Å². The summed E-state index contributed by atoms with van der Waals surface area (Å²) in [6.45, 7) is 4.17. The second kappa shape index (κ2) is 5.73. The summed E-state index contributed by atoms with van der Waals surface area (Å²) in [7, 11) is 0. The van der Waals surface area contributed by atoms with Gasteiger partial charge in [0.2, 0.25) is 6.79 Å². The predicted molar refractivity (Wildman–Crippen MR) is 83.0 cm³/mol. The van der Waals surface area contributed by atoms with Crippen molar-refractivity contribution in [3.63, 3.8) is 0 Å². The first kappa shape index (κ1) is 15.6. The maximum absolute atomic E-state index is 12.9. The van der Waals surface area contributed by atoms with Gasteiger partial charge in [0.15, 0.2) is 11.5 Å². The van der Waals surface area contributed by atoms with Gasteiger partial charge in [0.1, 0.15) is 5.54 Å². The summed E-state index contributed by atoms with van der Waals surface area (Å²) in [5.41, 5.74) is 5.52. The molecule has 2 aliphatic rings. The number of nitrogens with one attached hydrogen (secondary N) is 1. The first-order valence-electron chi connectivity index (χ1n) is 7.81. The smallest absolute Gasteiger partial charge is 0.325 e. The van der Waals surface area contributed by atoms with E-state index < -0.39 is 11.6 Å². The van der Waals surface area contributed by atoms with Gasteiger partial charge in [-0.05, 0) is 30.5 Å². The predicted octanol–water partition coefficient (Wildman–Crippen LogP) is 1.31. The molecular weight excluding hydrogens is 298 g/mol. The van der Waals surface area contributed by atoms with E-state index in [0.717, 1.165) is 0 Å². The third-order valence-electron chi connectivity index (χ3n) is 4.51. The number of carbonyl (C=O) groups excluding carboxylic acids is 2. The van der Waals surface area contributed by atoms with Gasteiger partial charge in [-0.25, -0.2) is 4.79 Å². The van der Waals surface area contributed by atoms with E-state index in [1.807, 2.05) is 13.8 Å². The summed E-state index contributed by atoms with van der Waals surface area (Å²) in [6, 6.07) is 4.67. The molecule has 2 heterocycles. The van der Waals surface area contributed by atoms with Crippen molar-refractivity contribution in [2.75, 3.05) is 13.3 Å². The number of nitrogens with two attached hydrogens (primary N) is 1. The van der Waals surface area contributed by atoms with E-state index in [9.17, 15) is 9.59 Å². The molecule has 2 aliphatic heterocycles. The summed E-state index contributed by atoms with van der Waals surface area (Å²) in [6.07, 6.45) is 1.13. The molecule has 3 N–H and O–H groups in total. The van der Waals surface area contributed by atoms with Gasteiger partial charge in [0.25, 0.3) is 5.91 Å². The first-order valence-corrected chi connectivity index (χ1v) is 7.81. The summed E-state index contributed by atoms with van der Waals surface area (Å²) in [4.78, 5) is 26.4. The standard InChI is InChI=1S/C16H21N3O4/c1-3-11(17)8-19-14(20)16(4-2,18-15(19)21)10-5-6-12-13(7-10)23-9-22-12/h5-7,11H,3-4,8-9,17H2,1-2H3,(H,18,21). The number of carbonyl (C=O) groups is 2. The van der Waals surface area contributed by atoms with Crippen molar-refractivity contribution < 1.29 is 19.1 Å². The molecular formula is C16H21N3O4. The van der Waals surface area contributed by atoms with Crippen molar-refractivity contribution in [3.8, 4) is 11.5 Å². The van der Waals surface area contributed by atoms with E-state index in [0.29, 0.717) is 29.9 Å². The number of benzene rings is 1. The molecule has 0 aliphatic carbocycles. The summed E-state index contributed by atoms with van der Waals surface area (Å²) in [5, 5.41) is 2.84. The van der Waals surface area contributed by atoms with E-state index in [1.54, 1.807) is 18.2 Å². The van der Waals surface area contributed by atoms with Crippen LogP contribution in [0.25, 0.3) is 0 Å². The van der Waals surface area contributed by atoms with Gasteiger partial charge in [-0.15, -0.1) is 0 Å². The lowest BCUT2D eigenvalue weighted by Gasteiger charge is -2.26. The Kier molecular flexibility index (Phi) is 3.89. The van der Waals surface area contributed by atoms with Crippen LogP contribution < -0.4 is 20.5 Å². The van der Waals surface area contributed by atoms with Crippen LogP contribution in [0.1, 0.15) is 32.3 Å². The Hall–Kier alpha value is -2.28. The molecule has 2 atom stereocenters. The Morgan fingerprint density at radius 3 is 2.74 bits per heavy atom. The number of imide groups is 1. The second-order valence-electron chi connectivity index (χ2n) is 5.84. The summed E-state index contributed by atoms with van der Waals surface area (Å²) < 4.78 is 10.7. The fourth-order valence-corrected chi connectivity index (χ4v) is 2.96. The number of rotatable bonds is 5. The quantitative estimate of drug-likeness (QED) is 0.798. The molecule has 1 aromatic rings. The van der Waals surface area contributed by atoms with Gasteiger partial charge < -0.3 is 20.5 Å². The molecule has 0 aromatic heterocycles. The number of ether oxygens (including phenoxy) is 2. The lowest BCUT2D eigenvalue weighted by Crippen LogP contribution is -2.45. The van der Waals surface area contributed by atoms with E-state index in [4.69, 9.17) is 15.2 Å². The molecule has 3 amide bonds. The minimum atomic E-state index is -1.08. The Morgan fingerprint density at radius 1 is 1.30 bits per heavy atom. The third kappa shape index (κ3) is 2.41. The minimum Gasteiger partial charge on any atom is -0.454 e. The molecule has 7 nitrogen and oxygen atoms in total. The van der Waals surface area contributed by atoms with Crippen molar-refractivity contribution in [2.45, 2.75) is 38.3 Å². The second-order valence-corrected chi connectivity index (χ2v) is 5.84. The number of hydrogen-bond donors (Lipinski definition) is 2. The van der Waals surface area contributed by atoms with Crippen LogP contribution in [0, 0.1) is 0 Å². The molecule has 0 spiro atoms. The number of fused-ring (bicyclic) bond motifs is 1. The van der Waals surface area contributed by atoms with Gasteiger partial charge in [0, 0.05) is 12.6 Å². The third-order valence-corrected chi connectivity index (χ3v) is 4.51. The fourth-order valence-electron chi connectivity index (χ4n) is 2.96. The Bertz CT molecular complexity index is 648. The lowest BCUT2D eigenvalue weighted by atomic mass is 9.87. The van der Waals surface area contributed by atoms with E-state index in [1.165, 1.54) is 4.90 Å². The highest BCUT2D eigenvalue weighted by Gasteiger charge is 2.51. The van der Waals surface area contributed by atoms with Crippen molar-refractivity contribution in [2.24, 2.45) is 5.73 Å². The molecule has 0 saturated carbocycles. The largest absolute Gasteiger partial charge is 0.454 e. The number of amides is 3. The zero-order valence-corrected chi connectivity index (χ0v) is 13.3. The van der Waals surface area contributed by atoms with Gasteiger partial charge in [-0.2, -0.15) is 0 Å². The molecule has 3 rings (SSSR count). The van der Waals surface area contributed by atoms with Crippen LogP contribution in [0.4, 0.5) is 4.79 Å². The zero-order valence-electron chi connectivity index (χ0n) is 13.3. The minimum absolute atomic E-state index is 0.162.